The molecule has 0 unspecified atom stereocenters. The lowest BCUT2D eigenvalue weighted by Gasteiger charge is -2.19. The maximum Gasteiger partial charge on any atom is 0.257 e. The van der Waals surface area contributed by atoms with Gasteiger partial charge in [-0.2, -0.15) is 0 Å². The average molecular weight is 340 g/mol. The molecule has 0 aromatic heterocycles. The van der Waals surface area contributed by atoms with Gasteiger partial charge in [0.1, 0.15) is 11.5 Å². The Morgan fingerprint density at radius 1 is 1.08 bits per heavy atom. The van der Waals surface area contributed by atoms with Gasteiger partial charge in [-0.25, -0.2) is 0 Å². The van der Waals surface area contributed by atoms with Crippen molar-refractivity contribution in [3.63, 3.8) is 0 Å². The van der Waals surface area contributed by atoms with Crippen LogP contribution in [0.3, 0.4) is 0 Å². The number of anilines is 2. The summed E-state index contributed by atoms with van der Waals surface area (Å²) in [4.78, 5) is 26.5. The van der Waals surface area contributed by atoms with Crippen molar-refractivity contribution in [2.75, 3.05) is 31.0 Å². The van der Waals surface area contributed by atoms with Crippen LogP contribution in [0.25, 0.3) is 0 Å². The third-order valence-electron chi connectivity index (χ3n) is 4.12. The molecule has 0 spiro atoms. The second kappa shape index (κ2) is 7.25. The number of ether oxygens (including phenoxy) is 2. The van der Waals surface area contributed by atoms with E-state index in [9.17, 15) is 9.59 Å². The molecule has 1 aliphatic heterocycles. The SMILES string of the molecule is COc1cc(NC(=O)c2ccccc2N2CCCC2=O)cc(OC)c1. The van der Waals surface area contributed by atoms with E-state index >= 15 is 0 Å². The van der Waals surface area contributed by atoms with E-state index in [2.05, 4.69) is 5.32 Å². The van der Waals surface area contributed by atoms with Crippen LogP contribution in [0.1, 0.15) is 23.2 Å². The van der Waals surface area contributed by atoms with Crippen molar-refractivity contribution in [1.29, 1.82) is 0 Å². The topological polar surface area (TPSA) is 67.9 Å². The number of nitrogens with zero attached hydrogens (tertiary/aromatic N) is 1. The summed E-state index contributed by atoms with van der Waals surface area (Å²) in [7, 11) is 3.10. The minimum atomic E-state index is -0.286. The van der Waals surface area contributed by atoms with E-state index in [-0.39, 0.29) is 11.8 Å². The highest BCUT2D eigenvalue weighted by molar-refractivity contribution is 6.11. The molecule has 1 fully saturated rings. The van der Waals surface area contributed by atoms with Crippen LogP contribution in [-0.2, 0) is 4.79 Å². The Kier molecular flexibility index (Phi) is 4.88. The molecule has 1 saturated heterocycles. The van der Waals surface area contributed by atoms with Crippen molar-refractivity contribution >= 4 is 23.2 Å². The first-order chi connectivity index (χ1) is 12.1. The second-order valence-electron chi connectivity index (χ2n) is 5.72. The van der Waals surface area contributed by atoms with Crippen molar-refractivity contribution in [1.82, 2.24) is 0 Å². The first-order valence-electron chi connectivity index (χ1n) is 8.06. The van der Waals surface area contributed by atoms with Crippen LogP contribution in [0.4, 0.5) is 11.4 Å². The summed E-state index contributed by atoms with van der Waals surface area (Å²) in [6.07, 6.45) is 1.32. The van der Waals surface area contributed by atoms with Gasteiger partial charge in [0.25, 0.3) is 5.91 Å². The Morgan fingerprint density at radius 2 is 1.76 bits per heavy atom. The summed E-state index contributed by atoms with van der Waals surface area (Å²) >= 11 is 0. The van der Waals surface area contributed by atoms with E-state index in [1.54, 1.807) is 55.5 Å². The predicted octanol–water partition coefficient (Wildman–Crippen LogP) is 3.08. The second-order valence-corrected chi connectivity index (χ2v) is 5.72. The summed E-state index contributed by atoms with van der Waals surface area (Å²) in [5.41, 5.74) is 1.65. The number of hydrogen-bond donors (Lipinski definition) is 1. The lowest BCUT2D eigenvalue weighted by atomic mass is 10.1. The van der Waals surface area contributed by atoms with Crippen LogP contribution < -0.4 is 19.7 Å². The van der Waals surface area contributed by atoms with E-state index in [1.807, 2.05) is 6.07 Å². The highest BCUT2D eigenvalue weighted by Crippen LogP contribution is 2.29. The summed E-state index contributed by atoms with van der Waals surface area (Å²) < 4.78 is 10.4. The molecular formula is C19H20N2O4. The van der Waals surface area contributed by atoms with E-state index in [4.69, 9.17) is 9.47 Å². The van der Waals surface area contributed by atoms with Crippen molar-refractivity contribution in [2.24, 2.45) is 0 Å². The van der Waals surface area contributed by atoms with E-state index < -0.39 is 0 Å². The minimum absolute atomic E-state index is 0.0447. The Balaban J connectivity index is 1.88. The normalized spacial score (nSPS) is 13.7. The summed E-state index contributed by atoms with van der Waals surface area (Å²) in [6, 6.07) is 12.3. The van der Waals surface area contributed by atoms with Crippen LogP contribution in [0.15, 0.2) is 42.5 Å². The molecule has 2 aromatic rings. The van der Waals surface area contributed by atoms with E-state index in [0.29, 0.717) is 41.4 Å². The van der Waals surface area contributed by atoms with Crippen LogP contribution in [0.5, 0.6) is 11.5 Å². The monoisotopic (exact) mass is 340 g/mol. The Bertz CT molecular complexity index is 782. The number of carbonyl (C=O) groups is 2. The molecule has 6 nitrogen and oxygen atoms in total. The molecule has 2 amide bonds. The van der Waals surface area contributed by atoms with Crippen LogP contribution in [-0.4, -0.2) is 32.6 Å². The standard InChI is InChI=1S/C19H20N2O4/c1-24-14-10-13(11-15(12-14)25-2)20-19(23)16-6-3-4-7-17(16)21-9-5-8-18(21)22/h3-4,6-7,10-12H,5,8-9H2,1-2H3,(H,20,23). The van der Waals surface area contributed by atoms with Crippen LogP contribution in [0, 0.1) is 0 Å². The number of amides is 2. The van der Waals surface area contributed by atoms with E-state index in [1.165, 1.54) is 0 Å². The first kappa shape index (κ1) is 16.8. The molecule has 1 N–H and O–H groups in total. The smallest absolute Gasteiger partial charge is 0.257 e. The van der Waals surface area contributed by atoms with Gasteiger partial charge < -0.3 is 19.7 Å². The third-order valence-corrected chi connectivity index (χ3v) is 4.12. The lowest BCUT2D eigenvalue weighted by molar-refractivity contribution is -0.117. The van der Waals surface area contributed by atoms with Gasteiger partial charge in [0, 0.05) is 36.9 Å². The van der Waals surface area contributed by atoms with Gasteiger partial charge in [0.2, 0.25) is 5.91 Å². The molecule has 0 saturated carbocycles. The van der Waals surface area contributed by atoms with Crippen molar-refractivity contribution < 1.29 is 19.1 Å². The molecule has 2 aromatic carbocycles. The van der Waals surface area contributed by atoms with Crippen LogP contribution in [0.2, 0.25) is 0 Å². The van der Waals surface area contributed by atoms with Gasteiger partial charge in [-0.1, -0.05) is 12.1 Å². The fourth-order valence-electron chi connectivity index (χ4n) is 2.88. The molecular weight excluding hydrogens is 320 g/mol. The number of hydrogen-bond acceptors (Lipinski definition) is 4. The number of rotatable bonds is 5. The third kappa shape index (κ3) is 3.57. The molecule has 1 aliphatic rings. The Morgan fingerprint density at radius 3 is 2.36 bits per heavy atom. The predicted molar refractivity (Wildman–Crippen MR) is 95.5 cm³/mol. The first-order valence-corrected chi connectivity index (χ1v) is 8.06. The van der Waals surface area contributed by atoms with Gasteiger partial charge in [-0.05, 0) is 18.6 Å². The van der Waals surface area contributed by atoms with Crippen LogP contribution >= 0.6 is 0 Å². The minimum Gasteiger partial charge on any atom is -0.497 e. The van der Waals surface area contributed by atoms with Crippen molar-refractivity contribution in [3.8, 4) is 11.5 Å². The number of benzene rings is 2. The zero-order chi connectivity index (χ0) is 17.8. The number of para-hydroxylation sites is 1. The number of methoxy groups -OCH3 is 2. The maximum atomic E-state index is 12.8. The average Bonchev–Trinajstić information content (AvgIpc) is 3.07. The fourth-order valence-corrected chi connectivity index (χ4v) is 2.88. The summed E-state index contributed by atoms with van der Waals surface area (Å²) in [6.45, 7) is 0.635. The Hall–Kier alpha value is -3.02. The summed E-state index contributed by atoms with van der Waals surface area (Å²) in [5, 5.41) is 2.85. The van der Waals surface area contributed by atoms with Crippen molar-refractivity contribution in [3.05, 3.63) is 48.0 Å². The zero-order valence-electron chi connectivity index (χ0n) is 14.2. The highest BCUT2D eigenvalue weighted by Gasteiger charge is 2.25. The highest BCUT2D eigenvalue weighted by atomic mass is 16.5. The summed E-state index contributed by atoms with van der Waals surface area (Å²) in [5.74, 6) is 0.921. The number of carbonyl (C=O) groups excluding carboxylic acids is 2. The largest absolute Gasteiger partial charge is 0.497 e. The number of nitrogens with one attached hydrogen (secondary N) is 1. The molecule has 25 heavy (non-hydrogen) atoms. The molecule has 1 heterocycles. The molecule has 0 radical (unpaired) electrons. The van der Waals surface area contributed by atoms with E-state index in [0.717, 1.165) is 6.42 Å². The quantitative estimate of drug-likeness (QED) is 0.908. The van der Waals surface area contributed by atoms with Gasteiger partial charge in [-0.3, -0.25) is 9.59 Å². The molecule has 6 heteroatoms. The van der Waals surface area contributed by atoms with Gasteiger partial charge in [0.15, 0.2) is 0 Å². The lowest BCUT2D eigenvalue weighted by Crippen LogP contribution is -2.27. The fraction of sp³-hybridized carbons (Fsp3) is 0.263. The van der Waals surface area contributed by atoms with Crippen molar-refractivity contribution in [2.45, 2.75) is 12.8 Å². The van der Waals surface area contributed by atoms with Gasteiger partial charge in [-0.15, -0.1) is 0 Å². The van der Waals surface area contributed by atoms with Gasteiger partial charge in [0.05, 0.1) is 25.5 Å². The zero-order valence-corrected chi connectivity index (χ0v) is 14.2. The molecule has 0 aliphatic carbocycles. The van der Waals surface area contributed by atoms with Gasteiger partial charge >= 0.3 is 0 Å². The molecule has 130 valence electrons. The Labute approximate surface area is 146 Å². The molecule has 0 bridgehead atoms. The maximum absolute atomic E-state index is 12.8. The molecule has 3 rings (SSSR count). The molecule has 0 atom stereocenters.